The van der Waals surface area contributed by atoms with E-state index in [1.165, 1.54) is 57.8 Å². The van der Waals surface area contributed by atoms with E-state index in [4.69, 9.17) is 13.8 Å². The standard InChI is InChI=1S/C40H72NO10P/c1-3-5-7-9-11-13-14-15-16-17-18-19-20-21-22-24-26-28-30-32-39(44)49-33-36(42)34-50-52(47,48)51-35-37(40(45)46)41-38(43)31-29-27-25-23-12-10-8-6-4-2/h11,13,15-16,18-19,36-37,42H,3-10,12,14,17,20-35H2,1-2H3,(H,41,43)(H,45,46)(H,47,48)/b13-11-,16-15-,19-18-. The fourth-order valence-corrected chi connectivity index (χ4v) is 6.03. The van der Waals surface area contributed by atoms with Crippen LogP contribution >= 0.6 is 7.82 Å². The molecule has 0 heterocycles. The molecule has 0 aliphatic heterocycles. The molecular weight excluding hydrogens is 685 g/mol. The number of unbranched alkanes of at least 4 members (excludes halogenated alkanes) is 17. The highest BCUT2D eigenvalue weighted by molar-refractivity contribution is 7.47. The first-order valence-corrected chi connectivity index (χ1v) is 21.5. The number of allylic oxidation sites excluding steroid dienone is 6. The number of carbonyl (C=O) groups is 3. The summed E-state index contributed by atoms with van der Waals surface area (Å²) in [5.41, 5.74) is 0. The first kappa shape index (κ1) is 49.7. The van der Waals surface area contributed by atoms with Crippen molar-refractivity contribution in [3.8, 4) is 0 Å². The van der Waals surface area contributed by atoms with E-state index in [0.29, 0.717) is 12.8 Å². The van der Waals surface area contributed by atoms with Gasteiger partial charge in [0.25, 0.3) is 0 Å². The Labute approximate surface area is 314 Å². The molecule has 0 aliphatic rings. The molecular formula is C40H72NO10P. The molecule has 0 aromatic heterocycles. The van der Waals surface area contributed by atoms with Gasteiger partial charge < -0.3 is 25.2 Å². The molecule has 0 aromatic carbocycles. The van der Waals surface area contributed by atoms with E-state index in [1.807, 2.05) is 0 Å². The van der Waals surface area contributed by atoms with E-state index in [9.17, 15) is 34.1 Å². The molecule has 3 unspecified atom stereocenters. The van der Waals surface area contributed by atoms with Gasteiger partial charge in [-0.05, 0) is 51.4 Å². The molecule has 12 heteroatoms. The number of carbonyl (C=O) groups excluding carboxylic acids is 2. The number of esters is 1. The average molecular weight is 758 g/mol. The van der Waals surface area contributed by atoms with Crippen LogP contribution in [0, 0.1) is 0 Å². The van der Waals surface area contributed by atoms with Crippen molar-refractivity contribution in [2.24, 2.45) is 0 Å². The van der Waals surface area contributed by atoms with Crippen LogP contribution in [0.5, 0.6) is 0 Å². The van der Waals surface area contributed by atoms with Gasteiger partial charge >= 0.3 is 19.8 Å². The van der Waals surface area contributed by atoms with Gasteiger partial charge in [-0.3, -0.25) is 18.6 Å². The number of phosphoric ester groups is 1. The normalized spacial score (nSPS) is 14.2. The highest BCUT2D eigenvalue weighted by atomic mass is 31.2. The Bertz CT molecular complexity index is 1030. The summed E-state index contributed by atoms with van der Waals surface area (Å²) in [6.07, 6.45) is 36.1. The highest BCUT2D eigenvalue weighted by Crippen LogP contribution is 2.43. The minimum atomic E-state index is -4.75. The number of amides is 1. The molecule has 302 valence electrons. The monoisotopic (exact) mass is 757 g/mol. The van der Waals surface area contributed by atoms with E-state index in [2.05, 4.69) is 55.6 Å². The van der Waals surface area contributed by atoms with Crippen LogP contribution in [0.2, 0.25) is 0 Å². The minimum absolute atomic E-state index is 0.145. The van der Waals surface area contributed by atoms with Crippen molar-refractivity contribution in [1.29, 1.82) is 0 Å². The van der Waals surface area contributed by atoms with Crippen LogP contribution in [0.1, 0.15) is 168 Å². The lowest BCUT2D eigenvalue weighted by Gasteiger charge is -2.18. The maximum absolute atomic E-state index is 12.2. The van der Waals surface area contributed by atoms with Crippen LogP contribution in [0.4, 0.5) is 0 Å². The van der Waals surface area contributed by atoms with Crippen molar-refractivity contribution in [2.45, 2.75) is 180 Å². The summed E-state index contributed by atoms with van der Waals surface area (Å²) in [5.74, 6) is -2.39. The maximum Gasteiger partial charge on any atom is 0.472 e. The molecule has 0 aromatic rings. The van der Waals surface area contributed by atoms with E-state index in [0.717, 1.165) is 70.6 Å². The molecule has 0 saturated carbocycles. The lowest BCUT2D eigenvalue weighted by atomic mass is 10.1. The number of aliphatic carboxylic acids is 1. The number of aliphatic hydroxyl groups excluding tert-OH is 1. The van der Waals surface area contributed by atoms with E-state index >= 15 is 0 Å². The summed E-state index contributed by atoms with van der Waals surface area (Å²) in [7, 11) is -4.75. The van der Waals surface area contributed by atoms with E-state index < -0.39 is 57.6 Å². The third kappa shape index (κ3) is 34.8. The lowest BCUT2D eigenvalue weighted by Crippen LogP contribution is -2.43. The van der Waals surface area contributed by atoms with Crippen LogP contribution in [0.3, 0.4) is 0 Å². The predicted molar refractivity (Wildman–Crippen MR) is 208 cm³/mol. The van der Waals surface area contributed by atoms with Crippen LogP contribution in [0.15, 0.2) is 36.5 Å². The Hall–Kier alpha value is -2.30. The number of ether oxygens (including phenoxy) is 1. The van der Waals surface area contributed by atoms with Gasteiger partial charge in [-0.1, -0.05) is 140 Å². The van der Waals surface area contributed by atoms with Gasteiger partial charge in [-0.2, -0.15) is 0 Å². The van der Waals surface area contributed by atoms with Gasteiger partial charge in [0, 0.05) is 12.8 Å². The molecule has 1 amide bonds. The van der Waals surface area contributed by atoms with Gasteiger partial charge in [0.15, 0.2) is 6.04 Å². The molecule has 3 atom stereocenters. The number of hydrogen-bond acceptors (Lipinski definition) is 8. The van der Waals surface area contributed by atoms with E-state index in [1.54, 1.807) is 0 Å². The number of nitrogens with one attached hydrogen (secondary N) is 1. The Morgan fingerprint density at radius 1 is 0.615 bits per heavy atom. The first-order valence-electron chi connectivity index (χ1n) is 20.0. The zero-order valence-corrected chi connectivity index (χ0v) is 33.3. The fraction of sp³-hybridized carbons (Fsp3) is 0.775. The quantitative estimate of drug-likeness (QED) is 0.0207. The summed E-state index contributed by atoms with van der Waals surface area (Å²) >= 11 is 0. The third-order valence-corrected chi connectivity index (χ3v) is 9.38. The van der Waals surface area contributed by atoms with Crippen molar-refractivity contribution < 1.29 is 47.8 Å². The number of phosphoric acid groups is 1. The van der Waals surface area contributed by atoms with Gasteiger partial charge in [-0.25, -0.2) is 9.36 Å². The van der Waals surface area contributed by atoms with Gasteiger partial charge in [0.1, 0.15) is 12.7 Å². The Morgan fingerprint density at radius 3 is 1.62 bits per heavy atom. The van der Waals surface area contributed by atoms with Crippen LogP contribution in [-0.2, 0) is 32.7 Å². The zero-order valence-electron chi connectivity index (χ0n) is 32.4. The molecule has 4 N–H and O–H groups in total. The van der Waals surface area contributed by atoms with Crippen LogP contribution in [-0.4, -0.2) is 64.9 Å². The summed E-state index contributed by atoms with van der Waals surface area (Å²) in [6, 6.07) is -1.54. The minimum Gasteiger partial charge on any atom is -0.480 e. The summed E-state index contributed by atoms with van der Waals surface area (Å²) < 4.78 is 26.7. The second-order valence-electron chi connectivity index (χ2n) is 13.5. The number of rotatable bonds is 37. The largest absolute Gasteiger partial charge is 0.480 e. The van der Waals surface area contributed by atoms with Crippen molar-refractivity contribution in [2.75, 3.05) is 19.8 Å². The molecule has 0 radical (unpaired) electrons. The smallest absolute Gasteiger partial charge is 0.472 e. The Morgan fingerprint density at radius 2 is 1.06 bits per heavy atom. The van der Waals surface area contributed by atoms with Crippen molar-refractivity contribution in [3.63, 3.8) is 0 Å². The second-order valence-corrected chi connectivity index (χ2v) is 14.9. The highest BCUT2D eigenvalue weighted by Gasteiger charge is 2.28. The maximum atomic E-state index is 12.2. The second kappa shape index (κ2) is 35.7. The molecule has 0 aliphatic carbocycles. The molecule has 0 rings (SSSR count). The van der Waals surface area contributed by atoms with Crippen LogP contribution in [0.25, 0.3) is 0 Å². The number of carboxylic acids is 1. The molecule has 0 fully saturated rings. The SMILES string of the molecule is CCCCC/C=C\C/C=C\C/C=C\CCCCCCCCC(=O)OCC(O)COP(=O)(O)OCC(NC(=O)CCCCCCCCCCC)C(=O)O. The lowest BCUT2D eigenvalue weighted by molar-refractivity contribution is -0.147. The zero-order chi connectivity index (χ0) is 38.5. The molecule has 11 nitrogen and oxygen atoms in total. The number of hydrogen-bond donors (Lipinski definition) is 4. The first-order chi connectivity index (χ1) is 25.1. The predicted octanol–water partition coefficient (Wildman–Crippen LogP) is 9.66. The van der Waals surface area contributed by atoms with Gasteiger partial charge in [0.05, 0.1) is 13.2 Å². The van der Waals surface area contributed by atoms with Crippen molar-refractivity contribution in [1.82, 2.24) is 5.32 Å². The molecule has 0 saturated heterocycles. The summed E-state index contributed by atoms with van der Waals surface area (Å²) in [5, 5.41) is 21.7. The topological polar surface area (TPSA) is 169 Å². The van der Waals surface area contributed by atoms with Crippen molar-refractivity contribution in [3.05, 3.63) is 36.5 Å². The molecule has 0 bridgehead atoms. The fourth-order valence-electron chi connectivity index (χ4n) is 5.26. The Kier molecular flexibility index (Phi) is 34.1. The van der Waals surface area contributed by atoms with Gasteiger partial charge in [0.2, 0.25) is 5.91 Å². The third-order valence-electron chi connectivity index (χ3n) is 8.43. The number of aliphatic hydroxyl groups is 1. The average Bonchev–Trinajstić information content (AvgIpc) is 3.11. The van der Waals surface area contributed by atoms with Crippen LogP contribution < -0.4 is 5.32 Å². The van der Waals surface area contributed by atoms with Gasteiger partial charge in [-0.15, -0.1) is 0 Å². The molecule has 0 spiro atoms. The summed E-state index contributed by atoms with van der Waals surface area (Å²) in [4.78, 5) is 45.6. The molecule has 52 heavy (non-hydrogen) atoms. The van der Waals surface area contributed by atoms with E-state index in [-0.39, 0.29) is 12.8 Å². The summed E-state index contributed by atoms with van der Waals surface area (Å²) in [6.45, 7) is 2.50. The Balaban J connectivity index is 3.92. The van der Waals surface area contributed by atoms with Crippen molar-refractivity contribution >= 4 is 25.7 Å². The number of carboxylic acid groups (broad SMARTS) is 1.